The third-order valence-electron chi connectivity index (χ3n) is 5.16. The van der Waals surface area contributed by atoms with Crippen LogP contribution in [0, 0.1) is 6.92 Å². The summed E-state index contributed by atoms with van der Waals surface area (Å²) in [5, 5.41) is 13.5. The van der Waals surface area contributed by atoms with Crippen LogP contribution in [0.5, 0.6) is 0 Å². The number of rotatable bonds is 3. The van der Waals surface area contributed by atoms with E-state index in [9.17, 15) is 14.7 Å². The predicted molar refractivity (Wildman–Crippen MR) is 121 cm³/mol. The van der Waals surface area contributed by atoms with Gasteiger partial charge in [0.25, 0.3) is 5.78 Å². The zero-order chi connectivity index (χ0) is 21.7. The molecule has 4 aromatic rings. The fraction of sp³-hybridized carbons (Fsp3) is 0.0909. The third kappa shape index (κ3) is 3.08. The highest BCUT2D eigenvalue weighted by Crippen LogP contribution is 2.43. The number of benzene rings is 1. The Morgan fingerprint density at radius 1 is 1.19 bits per heavy atom. The lowest BCUT2D eigenvalue weighted by molar-refractivity contribution is -0.132. The average Bonchev–Trinajstić information content (AvgIpc) is 3.45. The molecule has 1 aliphatic rings. The Morgan fingerprint density at radius 3 is 2.77 bits per heavy atom. The molecule has 1 unspecified atom stereocenters. The van der Waals surface area contributed by atoms with E-state index < -0.39 is 17.7 Å². The first-order valence-electron chi connectivity index (χ1n) is 9.37. The molecular weight excluding hydrogens is 480 g/mol. The zero-order valence-electron chi connectivity index (χ0n) is 16.2. The van der Waals surface area contributed by atoms with Crippen molar-refractivity contribution in [1.82, 2.24) is 14.4 Å². The molecule has 1 atom stereocenters. The minimum absolute atomic E-state index is 0.00653. The number of aromatic nitrogens is 3. The van der Waals surface area contributed by atoms with Crippen LogP contribution in [0.1, 0.15) is 23.0 Å². The Hall–Kier alpha value is -3.30. The molecule has 1 saturated heterocycles. The lowest BCUT2D eigenvalue weighted by Crippen LogP contribution is -2.29. The standard InChI is InChI=1S/C22H15BrN4O3S/c1-12-17(26-9-3-2-7-15(26)25-12)19(28)16-18(13-5-4-6-14(23)11-13)27(21(30)20(16)29)22-24-8-10-31-22/h2-11,18,28H,1H3. The number of nitrogens with zero attached hydrogens (tertiary/aromatic N) is 4. The number of pyridine rings is 1. The van der Waals surface area contributed by atoms with Gasteiger partial charge in [-0.25, -0.2) is 9.97 Å². The normalized spacial score (nSPS) is 18.3. The van der Waals surface area contributed by atoms with Gasteiger partial charge in [-0.15, -0.1) is 11.3 Å². The number of halogens is 1. The van der Waals surface area contributed by atoms with Crippen molar-refractivity contribution in [3.05, 3.63) is 87.2 Å². The summed E-state index contributed by atoms with van der Waals surface area (Å²) in [6, 6.07) is 12.0. The molecule has 1 aliphatic heterocycles. The van der Waals surface area contributed by atoms with E-state index in [0.717, 1.165) is 4.47 Å². The van der Waals surface area contributed by atoms with Crippen molar-refractivity contribution in [2.75, 3.05) is 4.90 Å². The van der Waals surface area contributed by atoms with E-state index in [0.29, 0.717) is 27.7 Å². The molecule has 7 nitrogen and oxygen atoms in total. The molecule has 1 aromatic carbocycles. The largest absolute Gasteiger partial charge is 0.505 e. The van der Waals surface area contributed by atoms with Crippen LogP contribution in [0.3, 0.4) is 0 Å². The first-order chi connectivity index (χ1) is 15.0. The number of hydrogen-bond donors (Lipinski definition) is 1. The van der Waals surface area contributed by atoms with Crippen LogP contribution in [0.25, 0.3) is 11.4 Å². The number of Topliss-reactive ketones (excluding diaryl/α,β-unsaturated/α-hetero) is 1. The van der Waals surface area contributed by atoms with Crippen molar-refractivity contribution in [3.63, 3.8) is 0 Å². The van der Waals surface area contributed by atoms with Gasteiger partial charge in [-0.05, 0) is 36.8 Å². The molecular formula is C22H15BrN4O3S. The molecule has 5 rings (SSSR count). The first kappa shape index (κ1) is 19.7. The van der Waals surface area contributed by atoms with Crippen molar-refractivity contribution in [3.8, 4) is 0 Å². The van der Waals surface area contributed by atoms with Crippen molar-refractivity contribution in [1.29, 1.82) is 0 Å². The van der Waals surface area contributed by atoms with E-state index >= 15 is 0 Å². The van der Waals surface area contributed by atoms with Gasteiger partial charge in [-0.3, -0.25) is 18.9 Å². The second-order valence-electron chi connectivity index (χ2n) is 7.01. The van der Waals surface area contributed by atoms with Crippen LogP contribution < -0.4 is 4.90 Å². The van der Waals surface area contributed by atoms with Crippen LogP contribution in [-0.2, 0) is 9.59 Å². The SMILES string of the molecule is Cc1nc2ccccn2c1C(O)=C1C(=O)C(=O)N(c2nccs2)C1c1cccc(Br)c1. The highest BCUT2D eigenvalue weighted by Gasteiger charge is 2.48. The van der Waals surface area contributed by atoms with Gasteiger partial charge >= 0.3 is 5.91 Å². The lowest BCUT2D eigenvalue weighted by Gasteiger charge is -2.23. The van der Waals surface area contributed by atoms with Crippen LogP contribution >= 0.6 is 27.3 Å². The Labute approximate surface area is 189 Å². The number of aliphatic hydroxyl groups is 1. The zero-order valence-corrected chi connectivity index (χ0v) is 18.6. The number of ketones is 1. The van der Waals surface area contributed by atoms with E-state index in [1.54, 1.807) is 29.1 Å². The van der Waals surface area contributed by atoms with E-state index in [4.69, 9.17) is 0 Å². The number of carbonyl (C=O) groups excluding carboxylic acids is 2. The summed E-state index contributed by atoms with van der Waals surface area (Å²) in [6.45, 7) is 1.76. The Kier molecular flexibility index (Phi) is 4.71. The molecule has 31 heavy (non-hydrogen) atoms. The number of carbonyl (C=O) groups is 2. The molecule has 9 heteroatoms. The predicted octanol–water partition coefficient (Wildman–Crippen LogP) is 4.49. The minimum atomic E-state index is -0.822. The summed E-state index contributed by atoms with van der Waals surface area (Å²) in [5.74, 6) is -1.76. The Bertz CT molecular complexity index is 1380. The summed E-state index contributed by atoms with van der Waals surface area (Å²) >= 11 is 4.71. The molecule has 0 radical (unpaired) electrons. The van der Waals surface area contributed by atoms with Crippen LogP contribution in [0.15, 0.2) is 70.3 Å². The van der Waals surface area contributed by atoms with Crippen LogP contribution in [-0.4, -0.2) is 31.2 Å². The van der Waals surface area contributed by atoms with Crippen molar-refractivity contribution in [2.24, 2.45) is 0 Å². The number of aryl methyl sites for hydroxylation is 1. The van der Waals surface area contributed by atoms with Gasteiger partial charge in [0.1, 0.15) is 11.3 Å². The van der Waals surface area contributed by atoms with E-state index in [1.165, 1.54) is 16.2 Å². The molecule has 1 N–H and O–H groups in total. The van der Waals surface area contributed by atoms with Crippen molar-refractivity contribution >= 4 is 55.5 Å². The molecule has 1 fully saturated rings. The van der Waals surface area contributed by atoms with E-state index in [2.05, 4.69) is 25.9 Å². The molecule has 3 aromatic heterocycles. The van der Waals surface area contributed by atoms with Gasteiger partial charge in [0, 0.05) is 22.2 Å². The molecule has 0 bridgehead atoms. The van der Waals surface area contributed by atoms with E-state index in [1.807, 2.05) is 42.5 Å². The quantitative estimate of drug-likeness (QED) is 0.257. The fourth-order valence-electron chi connectivity index (χ4n) is 3.88. The molecule has 0 saturated carbocycles. The van der Waals surface area contributed by atoms with Gasteiger partial charge in [0.05, 0.1) is 17.3 Å². The summed E-state index contributed by atoms with van der Waals surface area (Å²) in [5.41, 5.74) is 2.25. The molecule has 0 aliphatic carbocycles. The number of imidazole rings is 1. The molecule has 4 heterocycles. The smallest absolute Gasteiger partial charge is 0.301 e. The lowest BCUT2D eigenvalue weighted by atomic mass is 9.96. The Balaban J connectivity index is 1.80. The van der Waals surface area contributed by atoms with E-state index in [-0.39, 0.29) is 11.3 Å². The Morgan fingerprint density at radius 2 is 2.03 bits per heavy atom. The molecule has 154 valence electrons. The second-order valence-corrected chi connectivity index (χ2v) is 8.80. The van der Waals surface area contributed by atoms with Gasteiger partial charge in [0.15, 0.2) is 10.9 Å². The number of anilines is 1. The topological polar surface area (TPSA) is 87.8 Å². The summed E-state index contributed by atoms with van der Waals surface area (Å²) < 4.78 is 2.50. The van der Waals surface area contributed by atoms with Crippen LogP contribution in [0.4, 0.5) is 5.13 Å². The van der Waals surface area contributed by atoms with Gasteiger partial charge in [0.2, 0.25) is 0 Å². The number of thiazole rings is 1. The third-order valence-corrected chi connectivity index (χ3v) is 6.43. The number of hydrogen-bond acceptors (Lipinski definition) is 6. The van der Waals surface area contributed by atoms with Gasteiger partial charge < -0.3 is 5.11 Å². The number of fused-ring (bicyclic) bond motifs is 1. The highest BCUT2D eigenvalue weighted by atomic mass is 79.9. The van der Waals surface area contributed by atoms with Crippen molar-refractivity contribution < 1.29 is 14.7 Å². The monoisotopic (exact) mass is 494 g/mol. The minimum Gasteiger partial charge on any atom is -0.505 e. The number of amides is 1. The van der Waals surface area contributed by atoms with Gasteiger partial charge in [-0.2, -0.15) is 0 Å². The number of aliphatic hydroxyl groups excluding tert-OH is 1. The maximum absolute atomic E-state index is 13.2. The summed E-state index contributed by atoms with van der Waals surface area (Å²) in [4.78, 5) is 36.3. The highest BCUT2D eigenvalue weighted by molar-refractivity contribution is 9.10. The maximum Gasteiger partial charge on any atom is 0.301 e. The maximum atomic E-state index is 13.2. The molecule has 0 spiro atoms. The van der Waals surface area contributed by atoms with Crippen LogP contribution in [0.2, 0.25) is 0 Å². The fourth-order valence-corrected chi connectivity index (χ4v) is 4.97. The van der Waals surface area contributed by atoms with Crippen molar-refractivity contribution in [2.45, 2.75) is 13.0 Å². The second kappa shape index (κ2) is 7.44. The van der Waals surface area contributed by atoms with Gasteiger partial charge in [-0.1, -0.05) is 34.1 Å². The summed E-state index contributed by atoms with van der Waals surface area (Å²) in [7, 11) is 0. The average molecular weight is 495 g/mol. The molecule has 1 amide bonds. The first-order valence-corrected chi connectivity index (χ1v) is 11.0. The summed E-state index contributed by atoms with van der Waals surface area (Å²) in [6.07, 6.45) is 3.33.